The lowest BCUT2D eigenvalue weighted by Gasteiger charge is -2.24. The van der Waals surface area contributed by atoms with Gasteiger partial charge < -0.3 is 9.64 Å². The number of ether oxygens (including phenoxy) is 1. The molecule has 2 fully saturated rings. The highest BCUT2D eigenvalue weighted by molar-refractivity contribution is 8.16. The van der Waals surface area contributed by atoms with E-state index in [2.05, 4.69) is 4.99 Å². The number of carbonyl (C=O) groups is 1. The van der Waals surface area contributed by atoms with Crippen LogP contribution in [0.25, 0.3) is 0 Å². The van der Waals surface area contributed by atoms with Gasteiger partial charge in [0.15, 0.2) is 15.0 Å². The minimum absolute atomic E-state index is 0.00677. The van der Waals surface area contributed by atoms with E-state index in [-0.39, 0.29) is 34.0 Å². The molecule has 0 aliphatic carbocycles. The Morgan fingerprint density at radius 2 is 2.00 bits per heavy atom. The summed E-state index contributed by atoms with van der Waals surface area (Å²) in [6.45, 7) is 0. The van der Waals surface area contributed by atoms with Crippen molar-refractivity contribution in [2.45, 2.75) is 11.3 Å². The number of carbonyl (C=O) groups excluding carboxylic acids is 1. The third kappa shape index (κ3) is 3.90. The number of nitro groups is 1. The van der Waals surface area contributed by atoms with Gasteiger partial charge in [-0.05, 0) is 18.2 Å². The normalized spacial score (nSPS) is 23.4. The largest absolute Gasteiger partial charge is 0.497 e. The number of anilines is 1. The summed E-state index contributed by atoms with van der Waals surface area (Å²) in [7, 11) is -1.66. The average Bonchev–Trinajstić information content (AvgIpc) is 3.18. The number of benzene rings is 2. The van der Waals surface area contributed by atoms with Crippen molar-refractivity contribution < 1.29 is 22.9 Å². The number of nitro benzene ring substituents is 1. The zero-order valence-electron chi connectivity index (χ0n) is 15.8. The highest BCUT2D eigenvalue weighted by atomic mass is 32.2. The number of amides is 1. The number of aliphatic imine (C=N–C) groups is 1. The quantitative estimate of drug-likeness (QED) is 0.518. The van der Waals surface area contributed by atoms with Crippen LogP contribution in [0.5, 0.6) is 5.75 Å². The summed E-state index contributed by atoms with van der Waals surface area (Å²) in [4.78, 5) is 29.1. The van der Waals surface area contributed by atoms with E-state index < -0.39 is 20.7 Å². The summed E-state index contributed by atoms with van der Waals surface area (Å²) < 4.78 is 29.6. The van der Waals surface area contributed by atoms with E-state index in [1.165, 1.54) is 43.1 Å². The van der Waals surface area contributed by atoms with Crippen molar-refractivity contribution >= 4 is 44.0 Å². The van der Waals surface area contributed by atoms with Crippen LogP contribution < -0.4 is 9.64 Å². The Morgan fingerprint density at radius 3 is 2.73 bits per heavy atom. The van der Waals surface area contributed by atoms with Crippen molar-refractivity contribution in [3.05, 3.63) is 64.2 Å². The van der Waals surface area contributed by atoms with Gasteiger partial charge in [0.05, 0.1) is 29.6 Å². The SMILES string of the molecule is COc1cccc(N2C(=NC(=O)c3cccc([N+](=O)[O-])c3)S[C@H]3CS(=O)(=O)C[C@@H]32)c1. The fourth-order valence-electron chi connectivity index (χ4n) is 3.53. The van der Waals surface area contributed by atoms with Crippen LogP contribution in [0.15, 0.2) is 53.5 Å². The van der Waals surface area contributed by atoms with Gasteiger partial charge in [0.1, 0.15) is 5.75 Å². The number of thioether (sulfide) groups is 1. The highest BCUT2D eigenvalue weighted by Crippen LogP contribution is 2.41. The van der Waals surface area contributed by atoms with Crippen LogP contribution in [0.2, 0.25) is 0 Å². The molecule has 2 aliphatic heterocycles. The molecule has 9 nitrogen and oxygen atoms in total. The molecule has 0 saturated carbocycles. The van der Waals surface area contributed by atoms with E-state index >= 15 is 0 Å². The maximum Gasteiger partial charge on any atom is 0.279 e. The highest BCUT2D eigenvalue weighted by Gasteiger charge is 2.49. The van der Waals surface area contributed by atoms with Crippen LogP contribution in [0.1, 0.15) is 10.4 Å². The molecule has 2 atom stereocenters. The van der Waals surface area contributed by atoms with Crippen LogP contribution in [0.4, 0.5) is 11.4 Å². The number of nitrogens with zero attached hydrogens (tertiary/aromatic N) is 3. The van der Waals surface area contributed by atoms with Gasteiger partial charge >= 0.3 is 0 Å². The predicted octanol–water partition coefficient (Wildman–Crippen LogP) is 2.52. The molecule has 2 saturated heterocycles. The maximum atomic E-state index is 12.7. The van der Waals surface area contributed by atoms with Crippen molar-refractivity contribution in [2.75, 3.05) is 23.5 Å². The molecule has 0 radical (unpaired) electrons. The second kappa shape index (κ2) is 7.73. The van der Waals surface area contributed by atoms with E-state index in [0.717, 1.165) is 0 Å². The Hall–Kier alpha value is -2.92. The van der Waals surface area contributed by atoms with E-state index in [1.807, 2.05) is 0 Å². The zero-order chi connectivity index (χ0) is 21.5. The van der Waals surface area contributed by atoms with Crippen molar-refractivity contribution in [3.8, 4) is 5.75 Å². The van der Waals surface area contributed by atoms with Gasteiger partial charge in [-0.1, -0.05) is 23.9 Å². The van der Waals surface area contributed by atoms with Gasteiger partial charge in [-0.15, -0.1) is 0 Å². The maximum absolute atomic E-state index is 12.7. The first-order valence-corrected chi connectivity index (χ1v) is 11.7. The summed E-state index contributed by atoms with van der Waals surface area (Å²) in [6, 6.07) is 12.1. The molecule has 11 heteroatoms. The van der Waals surface area contributed by atoms with Crippen molar-refractivity contribution in [1.29, 1.82) is 0 Å². The van der Waals surface area contributed by atoms with Gasteiger partial charge in [0, 0.05) is 34.7 Å². The number of sulfone groups is 1. The molecule has 156 valence electrons. The van der Waals surface area contributed by atoms with E-state index in [1.54, 1.807) is 29.2 Å². The van der Waals surface area contributed by atoms with E-state index in [9.17, 15) is 23.3 Å². The Balaban J connectivity index is 1.73. The molecule has 0 aromatic heterocycles. The molecule has 4 rings (SSSR count). The number of hydrogen-bond acceptors (Lipinski definition) is 7. The smallest absolute Gasteiger partial charge is 0.279 e. The number of methoxy groups -OCH3 is 1. The third-order valence-electron chi connectivity index (χ3n) is 4.90. The van der Waals surface area contributed by atoms with Crippen LogP contribution in [0, 0.1) is 10.1 Å². The van der Waals surface area contributed by atoms with Gasteiger partial charge in [0.25, 0.3) is 11.6 Å². The molecule has 0 bridgehead atoms. The number of hydrogen-bond donors (Lipinski definition) is 0. The number of rotatable bonds is 4. The first kappa shape index (κ1) is 20.4. The lowest BCUT2D eigenvalue weighted by Crippen LogP contribution is -2.37. The zero-order valence-corrected chi connectivity index (χ0v) is 17.4. The molecule has 30 heavy (non-hydrogen) atoms. The molecule has 1 amide bonds. The van der Waals surface area contributed by atoms with Crippen LogP contribution >= 0.6 is 11.8 Å². The van der Waals surface area contributed by atoms with Crippen molar-refractivity contribution in [3.63, 3.8) is 0 Å². The van der Waals surface area contributed by atoms with Gasteiger partial charge in [-0.2, -0.15) is 4.99 Å². The van der Waals surface area contributed by atoms with Crippen LogP contribution in [0.3, 0.4) is 0 Å². The van der Waals surface area contributed by atoms with Crippen LogP contribution in [-0.4, -0.2) is 54.3 Å². The minimum atomic E-state index is -3.19. The first-order valence-electron chi connectivity index (χ1n) is 8.95. The molecular weight excluding hydrogens is 430 g/mol. The van der Waals surface area contributed by atoms with Crippen molar-refractivity contribution in [1.82, 2.24) is 0 Å². The summed E-state index contributed by atoms with van der Waals surface area (Å²) in [5.74, 6) is -0.0679. The summed E-state index contributed by atoms with van der Waals surface area (Å²) >= 11 is 1.23. The predicted molar refractivity (Wildman–Crippen MR) is 114 cm³/mol. The fourth-order valence-corrected chi connectivity index (χ4v) is 7.44. The standard InChI is InChI=1S/C19H17N3O6S2/c1-28-15-7-3-5-13(9-15)21-16-10-30(26,27)11-17(16)29-19(21)20-18(23)12-4-2-6-14(8-12)22(24)25/h2-9,16-17H,10-11H2,1H3/t16-,17-/m0/s1. The topological polar surface area (TPSA) is 119 Å². The molecule has 2 aromatic rings. The van der Waals surface area contributed by atoms with Crippen LogP contribution in [-0.2, 0) is 9.84 Å². The Bertz CT molecular complexity index is 1160. The molecule has 0 unspecified atom stereocenters. The number of fused-ring (bicyclic) bond motifs is 1. The lowest BCUT2D eigenvalue weighted by molar-refractivity contribution is -0.384. The number of non-ortho nitro benzene ring substituents is 1. The Morgan fingerprint density at radius 1 is 1.23 bits per heavy atom. The van der Waals surface area contributed by atoms with Gasteiger partial charge in [-0.3, -0.25) is 14.9 Å². The first-order chi connectivity index (χ1) is 14.3. The molecule has 0 N–H and O–H groups in total. The second-order valence-corrected chi connectivity index (χ2v) is 10.2. The Kier molecular flexibility index (Phi) is 5.24. The van der Waals surface area contributed by atoms with Crippen molar-refractivity contribution in [2.24, 2.45) is 4.99 Å². The molecule has 2 heterocycles. The number of amidine groups is 1. The van der Waals surface area contributed by atoms with E-state index in [0.29, 0.717) is 16.6 Å². The summed E-state index contributed by atoms with van der Waals surface area (Å²) in [5, 5.41) is 11.1. The van der Waals surface area contributed by atoms with E-state index in [4.69, 9.17) is 4.74 Å². The molecule has 0 spiro atoms. The average molecular weight is 447 g/mol. The van der Waals surface area contributed by atoms with Gasteiger partial charge in [-0.25, -0.2) is 8.42 Å². The van der Waals surface area contributed by atoms with Gasteiger partial charge in [0.2, 0.25) is 0 Å². The minimum Gasteiger partial charge on any atom is -0.497 e. The summed E-state index contributed by atoms with van der Waals surface area (Å²) in [5.41, 5.74) is 0.553. The second-order valence-electron chi connectivity index (χ2n) is 6.88. The monoisotopic (exact) mass is 447 g/mol. The lowest BCUT2D eigenvalue weighted by atomic mass is 10.2. The Labute approximate surface area is 176 Å². The summed E-state index contributed by atoms with van der Waals surface area (Å²) in [6.07, 6.45) is 0. The third-order valence-corrected chi connectivity index (χ3v) is 8.11. The molecule has 2 aliphatic rings. The molecular formula is C19H17N3O6S2. The molecule has 2 aromatic carbocycles. The fraction of sp³-hybridized carbons (Fsp3) is 0.263.